The highest BCUT2D eigenvalue weighted by atomic mass is 35.5. The molecule has 0 fully saturated rings. The lowest BCUT2D eigenvalue weighted by molar-refractivity contribution is 0.0953. The normalized spacial score (nSPS) is 10.7. The minimum Gasteiger partial charge on any atom is -0.360 e. The van der Waals surface area contributed by atoms with Crippen molar-refractivity contribution in [2.24, 2.45) is 0 Å². The fraction of sp³-hybridized carbons (Fsp3) is 0.111. The van der Waals surface area contributed by atoms with E-state index < -0.39 is 0 Å². The number of halogens is 1. The van der Waals surface area contributed by atoms with Gasteiger partial charge in [0, 0.05) is 23.2 Å². The number of carbonyl (C=O) groups is 1. The second kappa shape index (κ2) is 6.67. The van der Waals surface area contributed by atoms with Crippen molar-refractivity contribution in [1.29, 1.82) is 0 Å². The van der Waals surface area contributed by atoms with Crippen molar-refractivity contribution in [3.8, 4) is 0 Å². The number of hydrogen-bond acceptors (Lipinski definition) is 2. The number of benzene rings is 2. The van der Waals surface area contributed by atoms with E-state index in [2.05, 4.69) is 10.3 Å². The first-order chi connectivity index (χ1) is 11.1. The maximum absolute atomic E-state index is 12.4. The molecule has 0 aliphatic heterocycles. The monoisotopic (exact) mass is 326 g/mol. The van der Waals surface area contributed by atoms with Crippen molar-refractivity contribution < 1.29 is 4.79 Å². The van der Waals surface area contributed by atoms with Crippen LogP contribution in [0.2, 0.25) is 5.02 Å². The minimum atomic E-state index is -0.376. The third-order valence-corrected chi connectivity index (χ3v) is 3.86. The lowest BCUT2D eigenvalue weighted by atomic mass is 10.1. The molecule has 1 heterocycles. The van der Waals surface area contributed by atoms with Crippen molar-refractivity contribution in [2.75, 3.05) is 6.54 Å². The number of pyridine rings is 1. The van der Waals surface area contributed by atoms with Crippen LogP contribution in [0.3, 0.4) is 0 Å². The van der Waals surface area contributed by atoms with Gasteiger partial charge in [0.25, 0.3) is 5.91 Å². The van der Waals surface area contributed by atoms with Gasteiger partial charge in [-0.1, -0.05) is 41.9 Å². The first-order valence-corrected chi connectivity index (χ1v) is 7.66. The quantitative estimate of drug-likeness (QED) is 0.773. The second-order valence-corrected chi connectivity index (χ2v) is 5.65. The van der Waals surface area contributed by atoms with Crippen LogP contribution in [0, 0.1) is 0 Å². The Morgan fingerprint density at radius 2 is 1.91 bits per heavy atom. The Balaban J connectivity index is 1.75. The predicted molar refractivity (Wildman–Crippen MR) is 92.1 cm³/mol. The van der Waals surface area contributed by atoms with Crippen LogP contribution < -0.4 is 10.7 Å². The average molecular weight is 327 g/mol. The first kappa shape index (κ1) is 15.3. The number of rotatable bonds is 4. The average Bonchev–Trinajstić information content (AvgIpc) is 2.56. The van der Waals surface area contributed by atoms with Gasteiger partial charge in [-0.3, -0.25) is 9.59 Å². The molecule has 0 atom stereocenters. The number of amides is 1. The van der Waals surface area contributed by atoms with Crippen LogP contribution in [0.1, 0.15) is 15.9 Å². The van der Waals surface area contributed by atoms with Crippen LogP contribution in [0.5, 0.6) is 0 Å². The molecule has 2 N–H and O–H groups in total. The fourth-order valence-corrected chi connectivity index (χ4v) is 2.60. The SMILES string of the molecule is O=C(NCCc1ccccc1)c1c[nH]c2cc(Cl)ccc2c1=O. The smallest absolute Gasteiger partial charge is 0.256 e. The van der Waals surface area contributed by atoms with Gasteiger partial charge in [0.2, 0.25) is 5.43 Å². The van der Waals surface area contributed by atoms with Gasteiger partial charge in [-0.2, -0.15) is 0 Å². The summed E-state index contributed by atoms with van der Waals surface area (Å²) in [6, 6.07) is 14.8. The zero-order valence-corrected chi connectivity index (χ0v) is 13.1. The van der Waals surface area contributed by atoms with Crippen LogP contribution in [0.25, 0.3) is 10.9 Å². The molecule has 0 aliphatic rings. The Labute approximate surface area is 138 Å². The van der Waals surface area contributed by atoms with E-state index in [4.69, 9.17) is 11.6 Å². The Bertz CT molecular complexity index is 904. The van der Waals surface area contributed by atoms with E-state index in [1.807, 2.05) is 30.3 Å². The van der Waals surface area contributed by atoms with Gasteiger partial charge < -0.3 is 10.3 Å². The van der Waals surface area contributed by atoms with E-state index in [-0.39, 0.29) is 16.9 Å². The molecule has 0 saturated heterocycles. The summed E-state index contributed by atoms with van der Waals surface area (Å²) in [4.78, 5) is 27.5. The zero-order chi connectivity index (χ0) is 16.2. The van der Waals surface area contributed by atoms with Crippen molar-refractivity contribution in [3.05, 3.63) is 81.1 Å². The van der Waals surface area contributed by atoms with Crippen LogP contribution in [-0.2, 0) is 6.42 Å². The van der Waals surface area contributed by atoms with Crippen LogP contribution in [0.15, 0.2) is 59.5 Å². The summed E-state index contributed by atoms with van der Waals surface area (Å²) in [5, 5.41) is 3.76. The molecule has 2 aromatic carbocycles. The molecular formula is C18H15ClN2O2. The number of fused-ring (bicyclic) bond motifs is 1. The Morgan fingerprint density at radius 1 is 1.13 bits per heavy atom. The first-order valence-electron chi connectivity index (χ1n) is 7.28. The molecule has 0 radical (unpaired) electrons. The molecule has 116 valence electrons. The lowest BCUT2D eigenvalue weighted by Crippen LogP contribution is -2.30. The summed E-state index contributed by atoms with van der Waals surface area (Å²) >= 11 is 5.90. The van der Waals surface area contributed by atoms with Gasteiger partial charge in [-0.25, -0.2) is 0 Å². The topological polar surface area (TPSA) is 62.0 Å². The number of hydrogen-bond donors (Lipinski definition) is 2. The fourth-order valence-electron chi connectivity index (χ4n) is 2.42. The van der Waals surface area contributed by atoms with Gasteiger partial charge in [-0.05, 0) is 30.2 Å². The van der Waals surface area contributed by atoms with E-state index in [0.717, 1.165) is 5.56 Å². The van der Waals surface area contributed by atoms with Gasteiger partial charge in [0.1, 0.15) is 5.56 Å². The number of aromatic nitrogens is 1. The molecule has 0 bridgehead atoms. The number of nitrogens with one attached hydrogen (secondary N) is 2. The molecule has 0 aliphatic carbocycles. The Kier molecular flexibility index (Phi) is 4.44. The number of H-pyrrole nitrogens is 1. The zero-order valence-electron chi connectivity index (χ0n) is 12.3. The summed E-state index contributed by atoms with van der Waals surface area (Å²) in [7, 11) is 0. The highest BCUT2D eigenvalue weighted by Gasteiger charge is 2.12. The summed E-state index contributed by atoms with van der Waals surface area (Å²) < 4.78 is 0. The molecule has 0 saturated carbocycles. The van der Waals surface area contributed by atoms with Crippen molar-refractivity contribution >= 4 is 28.4 Å². The second-order valence-electron chi connectivity index (χ2n) is 5.21. The van der Waals surface area contributed by atoms with E-state index in [1.54, 1.807) is 18.2 Å². The van der Waals surface area contributed by atoms with E-state index in [1.165, 1.54) is 6.20 Å². The Morgan fingerprint density at radius 3 is 2.70 bits per heavy atom. The summed E-state index contributed by atoms with van der Waals surface area (Å²) in [5.41, 5.74) is 1.55. The van der Waals surface area contributed by atoms with Crippen LogP contribution in [0.4, 0.5) is 0 Å². The van der Waals surface area contributed by atoms with Gasteiger partial charge in [0.15, 0.2) is 0 Å². The van der Waals surface area contributed by atoms with Crippen LogP contribution >= 0.6 is 11.6 Å². The van der Waals surface area contributed by atoms with E-state index >= 15 is 0 Å². The standard InChI is InChI=1S/C18H15ClN2O2/c19-13-6-7-14-16(10-13)21-11-15(17(14)22)18(23)20-9-8-12-4-2-1-3-5-12/h1-7,10-11H,8-9H2,(H,20,23)(H,21,22). The summed E-state index contributed by atoms with van der Waals surface area (Å²) in [6.45, 7) is 0.473. The molecular weight excluding hydrogens is 312 g/mol. The van der Waals surface area contributed by atoms with Crippen molar-refractivity contribution in [1.82, 2.24) is 10.3 Å². The van der Waals surface area contributed by atoms with Crippen LogP contribution in [-0.4, -0.2) is 17.4 Å². The molecule has 0 spiro atoms. The summed E-state index contributed by atoms with van der Waals surface area (Å²) in [5.74, 6) is -0.376. The van der Waals surface area contributed by atoms with Crippen molar-refractivity contribution in [2.45, 2.75) is 6.42 Å². The molecule has 1 amide bonds. The largest absolute Gasteiger partial charge is 0.360 e. The third-order valence-electron chi connectivity index (χ3n) is 3.63. The molecule has 3 aromatic rings. The van der Waals surface area contributed by atoms with Gasteiger partial charge in [0.05, 0.1) is 5.52 Å². The van der Waals surface area contributed by atoms with E-state index in [0.29, 0.717) is 28.9 Å². The lowest BCUT2D eigenvalue weighted by Gasteiger charge is -2.06. The summed E-state index contributed by atoms with van der Waals surface area (Å²) in [6.07, 6.45) is 2.15. The van der Waals surface area contributed by atoms with Crippen molar-refractivity contribution in [3.63, 3.8) is 0 Å². The maximum atomic E-state index is 12.4. The maximum Gasteiger partial charge on any atom is 0.256 e. The molecule has 0 unspecified atom stereocenters. The number of aromatic amines is 1. The number of carbonyl (C=O) groups excluding carboxylic acids is 1. The Hall–Kier alpha value is -2.59. The molecule has 1 aromatic heterocycles. The highest BCUT2D eigenvalue weighted by molar-refractivity contribution is 6.31. The molecule has 5 heteroatoms. The molecule has 23 heavy (non-hydrogen) atoms. The highest BCUT2D eigenvalue weighted by Crippen LogP contribution is 2.15. The van der Waals surface area contributed by atoms with Gasteiger partial charge >= 0.3 is 0 Å². The minimum absolute atomic E-state index is 0.105. The third kappa shape index (κ3) is 3.43. The van der Waals surface area contributed by atoms with Gasteiger partial charge in [-0.15, -0.1) is 0 Å². The predicted octanol–water partition coefficient (Wildman–Crippen LogP) is 3.15. The molecule has 4 nitrogen and oxygen atoms in total. The van der Waals surface area contributed by atoms with E-state index in [9.17, 15) is 9.59 Å². The molecule has 3 rings (SSSR count).